The highest BCUT2D eigenvalue weighted by Gasteiger charge is 2.23. The van der Waals surface area contributed by atoms with Gasteiger partial charge in [0.2, 0.25) is 5.91 Å². The molecule has 5 heteroatoms. The summed E-state index contributed by atoms with van der Waals surface area (Å²) in [5, 5.41) is 3.05. The van der Waals surface area contributed by atoms with Crippen molar-refractivity contribution in [3.8, 4) is 11.3 Å². The summed E-state index contributed by atoms with van der Waals surface area (Å²) in [4.78, 5) is 18.8. The molecule has 1 N–H and O–H groups in total. The van der Waals surface area contributed by atoms with Gasteiger partial charge < -0.3 is 9.73 Å². The van der Waals surface area contributed by atoms with Crippen molar-refractivity contribution >= 4 is 5.91 Å². The van der Waals surface area contributed by atoms with Gasteiger partial charge in [-0.3, -0.25) is 9.69 Å². The number of nitrogens with one attached hydrogen (secondary N) is 1. The largest absolute Gasteiger partial charge is 0.441 e. The molecular weight excluding hydrogens is 314 g/mol. The predicted molar refractivity (Wildman–Crippen MR) is 98.3 cm³/mol. The van der Waals surface area contributed by atoms with Crippen LogP contribution in [0, 0.1) is 6.92 Å². The molecule has 3 rings (SSSR count). The number of oxazole rings is 1. The molecule has 0 bridgehead atoms. The van der Waals surface area contributed by atoms with E-state index in [4.69, 9.17) is 4.42 Å². The molecular formula is C20H27N3O2. The van der Waals surface area contributed by atoms with Gasteiger partial charge in [0.05, 0.1) is 6.20 Å². The molecule has 1 aromatic heterocycles. The normalized spacial score (nSPS) is 17.8. The number of hydrogen-bond acceptors (Lipinski definition) is 4. The van der Waals surface area contributed by atoms with Gasteiger partial charge in [-0.25, -0.2) is 4.98 Å². The maximum atomic E-state index is 12.1. The van der Waals surface area contributed by atoms with Gasteiger partial charge in [0.1, 0.15) is 0 Å². The van der Waals surface area contributed by atoms with E-state index in [2.05, 4.69) is 29.0 Å². The van der Waals surface area contributed by atoms with Crippen molar-refractivity contribution < 1.29 is 9.21 Å². The molecule has 25 heavy (non-hydrogen) atoms. The van der Waals surface area contributed by atoms with Crippen molar-refractivity contribution in [1.82, 2.24) is 15.2 Å². The van der Waals surface area contributed by atoms with E-state index in [1.54, 1.807) is 6.20 Å². The molecule has 1 aliphatic heterocycles. The second kappa shape index (κ2) is 8.30. The molecule has 0 radical (unpaired) electrons. The Morgan fingerprint density at radius 3 is 2.92 bits per heavy atom. The van der Waals surface area contributed by atoms with E-state index in [9.17, 15) is 4.79 Å². The Morgan fingerprint density at radius 1 is 1.36 bits per heavy atom. The molecule has 1 unspecified atom stereocenters. The number of benzene rings is 1. The Labute approximate surface area is 149 Å². The first-order chi connectivity index (χ1) is 12.2. The Morgan fingerprint density at radius 2 is 2.16 bits per heavy atom. The molecule has 0 spiro atoms. The lowest BCUT2D eigenvalue weighted by Crippen LogP contribution is -2.40. The summed E-state index contributed by atoms with van der Waals surface area (Å²) in [5.74, 6) is 1.43. The van der Waals surface area contributed by atoms with Crippen LogP contribution in [0.2, 0.25) is 0 Å². The number of carbonyl (C=O) groups is 1. The highest BCUT2D eigenvalue weighted by Crippen LogP contribution is 2.21. The van der Waals surface area contributed by atoms with Gasteiger partial charge in [0.15, 0.2) is 11.7 Å². The quantitative estimate of drug-likeness (QED) is 0.840. The molecule has 0 aliphatic carbocycles. The topological polar surface area (TPSA) is 58.4 Å². The minimum absolute atomic E-state index is 0.0676. The summed E-state index contributed by atoms with van der Waals surface area (Å²) in [6.07, 6.45) is 5.07. The predicted octanol–water partition coefficient (Wildman–Crippen LogP) is 3.18. The molecule has 1 saturated heterocycles. The maximum Gasteiger partial charge on any atom is 0.220 e. The SMILES string of the molecule is CCN1CCCC1CNC(=O)CCc1ncc(-c2ccc(C)cc2)o1. The third-order valence-corrected chi connectivity index (χ3v) is 4.90. The number of hydrogen-bond donors (Lipinski definition) is 1. The standard InChI is InChI=1S/C20H27N3O2/c1-3-23-12-4-5-17(23)13-21-19(24)10-11-20-22-14-18(25-20)16-8-6-15(2)7-9-16/h6-9,14,17H,3-5,10-13H2,1-2H3,(H,21,24). The van der Waals surface area contributed by atoms with Crippen molar-refractivity contribution in [2.24, 2.45) is 0 Å². The number of aryl methyl sites for hydroxylation is 2. The summed E-state index contributed by atoms with van der Waals surface area (Å²) in [7, 11) is 0. The second-order valence-electron chi connectivity index (χ2n) is 6.71. The minimum Gasteiger partial charge on any atom is -0.441 e. The fourth-order valence-corrected chi connectivity index (χ4v) is 3.36. The summed E-state index contributed by atoms with van der Waals surface area (Å²) in [5.41, 5.74) is 2.22. The van der Waals surface area contributed by atoms with Crippen LogP contribution >= 0.6 is 0 Å². The molecule has 1 atom stereocenters. The molecule has 1 fully saturated rings. The Balaban J connectivity index is 1.45. The zero-order valence-corrected chi connectivity index (χ0v) is 15.1. The van der Waals surface area contributed by atoms with Crippen LogP contribution in [0.4, 0.5) is 0 Å². The Hall–Kier alpha value is -2.14. The van der Waals surface area contributed by atoms with E-state index < -0.39 is 0 Å². The summed E-state index contributed by atoms with van der Waals surface area (Å²) in [6.45, 7) is 7.18. The van der Waals surface area contributed by atoms with Gasteiger partial charge in [0.25, 0.3) is 0 Å². The van der Waals surface area contributed by atoms with Crippen LogP contribution in [0.25, 0.3) is 11.3 Å². The number of likely N-dealkylation sites (N-methyl/N-ethyl adjacent to an activating group) is 1. The molecule has 5 nitrogen and oxygen atoms in total. The first kappa shape index (κ1) is 17.7. The zero-order chi connectivity index (χ0) is 17.6. The van der Waals surface area contributed by atoms with Crippen molar-refractivity contribution in [2.45, 2.75) is 45.6 Å². The second-order valence-corrected chi connectivity index (χ2v) is 6.71. The van der Waals surface area contributed by atoms with Crippen LogP contribution in [0.15, 0.2) is 34.9 Å². The number of carbonyl (C=O) groups excluding carboxylic acids is 1. The first-order valence-electron chi connectivity index (χ1n) is 9.18. The summed E-state index contributed by atoms with van der Waals surface area (Å²) < 4.78 is 5.77. The van der Waals surface area contributed by atoms with Crippen molar-refractivity contribution in [3.63, 3.8) is 0 Å². The first-order valence-corrected chi connectivity index (χ1v) is 9.18. The van der Waals surface area contributed by atoms with Gasteiger partial charge in [0, 0.05) is 31.0 Å². The number of amides is 1. The number of aromatic nitrogens is 1. The average Bonchev–Trinajstić information content (AvgIpc) is 3.27. The van der Waals surface area contributed by atoms with Gasteiger partial charge in [-0.1, -0.05) is 36.8 Å². The smallest absolute Gasteiger partial charge is 0.220 e. The van der Waals surface area contributed by atoms with Crippen molar-refractivity contribution in [2.75, 3.05) is 19.6 Å². The van der Waals surface area contributed by atoms with E-state index in [-0.39, 0.29) is 5.91 Å². The molecule has 1 aliphatic rings. The highest BCUT2D eigenvalue weighted by molar-refractivity contribution is 5.76. The lowest BCUT2D eigenvalue weighted by Gasteiger charge is -2.22. The molecule has 2 aromatic rings. The van der Waals surface area contributed by atoms with Crippen LogP contribution in [-0.4, -0.2) is 41.5 Å². The summed E-state index contributed by atoms with van der Waals surface area (Å²) >= 11 is 0. The van der Waals surface area contributed by atoms with Crippen LogP contribution in [0.1, 0.15) is 37.6 Å². The van der Waals surface area contributed by atoms with Crippen LogP contribution < -0.4 is 5.32 Å². The van der Waals surface area contributed by atoms with E-state index in [1.807, 2.05) is 24.3 Å². The maximum absolute atomic E-state index is 12.1. The zero-order valence-electron chi connectivity index (χ0n) is 15.1. The lowest BCUT2D eigenvalue weighted by atomic mass is 10.1. The third-order valence-electron chi connectivity index (χ3n) is 4.90. The Bertz CT molecular complexity index is 693. The van der Waals surface area contributed by atoms with E-state index in [0.717, 1.165) is 31.0 Å². The van der Waals surface area contributed by atoms with Crippen LogP contribution in [-0.2, 0) is 11.2 Å². The van der Waals surface area contributed by atoms with Crippen molar-refractivity contribution in [1.29, 1.82) is 0 Å². The van der Waals surface area contributed by atoms with Gasteiger partial charge >= 0.3 is 0 Å². The van der Waals surface area contributed by atoms with E-state index >= 15 is 0 Å². The van der Waals surface area contributed by atoms with Crippen LogP contribution in [0.5, 0.6) is 0 Å². The lowest BCUT2D eigenvalue weighted by molar-refractivity contribution is -0.121. The van der Waals surface area contributed by atoms with E-state index in [1.165, 1.54) is 18.4 Å². The van der Waals surface area contributed by atoms with Gasteiger partial charge in [-0.15, -0.1) is 0 Å². The van der Waals surface area contributed by atoms with Gasteiger partial charge in [-0.05, 0) is 32.9 Å². The monoisotopic (exact) mass is 341 g/mol. The number of nitrogens with zero attached hydrogens (tertiary/aromatic N) is 2. The molecule has 0 saturated carbocycles. The fraction of sp³-hybridized carbons (Fsp3) is 0.500. The van der Waals surface area contributed by atoms with Crippen LogP contribution in [0.3, 0.4) is 0 Å². The number of likely N-dealkylation sites (tertiary alicyclic amines) is 1. The summed E-state index contributed by atoms with van der Waals surface area (Å²) in [6, 6.07) is 8.63. The fourth-order valence-electron chi connectivity index (χ4n) is 3.36. The molecule has 1 aromatic carbocycles. The van der Waals surface area contributed by atoms with Crippen molar-refractivity contribution in [3.05, 3.63) is 41.9 Å². The Kier molecular flexibility index (Phi) is 5.87. The number of rotatable bonds is 7. The molecule has 2 heterocycles. The van der Waals surface area contributed by atoms with Gasteiger partial charge in [-0.2, -0.15) is 0 Å². The average molecular weight is 341 g/mol. The third kappa shape index (κ3) is 4.69. The minimum atomic E-state index is 0.0676. The van der Waals surface area contributed by atoms with E-state index in [0.29, 0.717) is 24.8 Å². The molecule has 1 amide bonds. The molecule has 134 valence electrons. The highest BCUT2D eigenvalue weighted by atomic mass is 16.4.